The number of hydrogen-bond acceptors (Lipinski definition) is 2. The van der Waals surface area contributed by atoms with Crippen LogP contribution in [0.15, 0.2) is 36.4 Å². The molecule has 1 aliphatic carbocycles. The lowest BCUT2D eigenvalue weighted by molar-refractivity contribution is -0.122. The molecule has 0 aliphatic heterocycles. The van der Waals surface area contributed by atoms with Crippen LogP contribution in [0, 0.1) is 32.6 Å². The van der Waals surface area contributed by atoms with E-state index in [1.807, 2.05) is 51.1 Å². The summed E-state index contributed by atoms with van der Waals surface area (Å²) in [6.07, 6.45) is 0.572. The van der Waals surface area contributed by atoms with Crippen LogP contribution in [0.3, 0.4) is 0 Å². The highest BCUT2D eigenvalue weighted by Crippen LogP contribution is 2.40. The van der Waals surface area contributed by atoms with Gasteiger partial charge < -0.3 is 10.6 Å². The molecule has 2 aromatic carbocycles. The summed E-state index contributed by atoms with van der Waals surface area (Å²) in [7, 11) is 0. The van der Waals surface area contributed by atoms with E-state index in [2.05, 4.69) is 10.6 Å². The number of aryl methyl sites for hydroxylation is 2. The molecular formula is C20H21ClN2O2. The summed E-state index contributed by atoms with van der Waals surface area (Å²) in [5.41, 5.74) is 4.59. The average Bonchev–Trinajstić information content (AvgIpc) is 3.36. The normalized spacial score (nSPS) is 18.6. The van der Waals surface area contributed by atoms with Gasteiger partial charge in [-0.05, 0) is 62.1 Å². The molecule has 2 amide bonds. The molecule has 0 aromatic heterocycles. The van der Waals surface area contributed by atoms with Gasteiger partial charge in [0.25, 0.3) is 0 Å². The maximum absolute atomic E-state index is 12.4. The zero-order chi connectivity index (χ0) is 18.1. The predicted octanol–water partition coefficient (Wildman–Crippen LogP) is 4.48. The molecule has 0 radical (unpaired) electrons. The number of amides is 2. The second-order valence-corrected chi connectivity index (χ2v) is 7.05. The molecule has 2 N–H and O–H groups in total. The lowest BCUT2D eigenvalue weighted by atomic mass is 10.1. The van der Waals surface area contributed by atoms with Crippen LogP contribution in [0.25, 0.3) is 0 Å². The molecule has 3 rings (SSSR count). The van der Waals surface area contributed by atoms with Crippen LogP contribution < -0.4 is 10.6 Å². The SMILES string of the molecule is Cc1ccc(NC(=O)C2CC2C(=O)Nc2cccc(C)c2C)cc1Cl. The Morgan fingerprint density at radius 1 is 0.960 bits per heavy atom. The van der Waals surface area contributed by atoms with Gasteiger partial charge in [0.1, 0.15) is 0 Å². The highest BCUT2D eigenvalue weighted by molar-refractivity contribution is 6.31. The highest BCUT2D eigenvalue weighted by atomic mass is 35.5. The van der Waals surface area contributed by atoms with Crippen molar-refractivity contribution in [1.82, 2.24) is 0 Å². The lowest BCUT2D eigenvalue weighted by Gasteiger charge is -2.10. The van der Waals surface area contributed by atoms with Crippen molar-refractivity contribution < 1.29 is 9.59 Å². The van der Waals surface area contributed by atoms with Crippen LogP contribution in [-0.4, -0.2) is 11.8 Å². The van der Waals surface area contributed by atoms with Gasteiger partial charge >= 0.3 is 0 Å². The van der Waals surface area contributed by atoms with E-state index in [9.17, 15) is 9.59 Å². The lowest BCUT2D eigenvalue weighted by Crippen LogP contribution is -2.21. The zero-order valence-corrected chi connectivity index (χ0v) is 15.3. The van der Waals surface area contributed by atoms with Crippen LogP contribution >= 0.6 is 11.6 Å². The zero-order valence-electron chi connectivity index (χ0n) is 14.5. The Bertz CT molecular complexity index is 848. The molecule has 130 valence electrons. The van der Waals surface area contributed by atoms with Crippen molar-refractivity contribution in [3.05, 3.63) is 58.1 Å². The molecule has 25 heavy (non-hydrogen) atoms. The van der Waals surface area contributed by atoms with Crippen molar-refractivity contribution in [1.29, 1.82) is 0 Å². The molecule has 2 aromatic rings. The summed E-state index contributed by atoms with van der Waals surface area (Å²) in [4.78, 5) is 24.7. The summed E-state index contributed by atoms with van der Waals surface area (Å²) in [6.45, 7) is 5.89. The van der Waals surface area contributed by atoms with E-state index in [-0.39, 0.29) is 23.7 Å². The van der Waals surface area contributed by atoms with E-state index in [0.29, 0.717) is 17.1 Å². The quantitative estimate of drug-likeness (QED) is 0.848. The Morgan fingerprint density at radius 2 is 1.64 bits per heavy atom. The van der Waals surface area contributed by atoms with E-state index in [1.54, 1.807) is 6.07 Å². The van der Waals surface area contributed by atoms with Gasteiger partial charge in [0.2, 0.25) is 11.8 Å². The Kier molecular flexibility index (Phi) is 4.82. The van der Waals surface area contributed by atoms with Crippen LogP contribution in [0.5, 0.6) is 0 Å². The van der Waals surface area contributed by atoms with Gasteiger partial charge in [0, 0.05) is 16.4 Å². The van der Waals surface area contributed by atoms with Gasteiger partial charge in [-0.15, -0.1) is 0 Å². The van der Waals surface area contributed by atoms with E-state index in [0.717, 1.165) is 22.4 Å². The average molecular weight is 357 g/mol. The van der Waals surface area contributed by atoms with Crippen molar-refractivity contribution in [3.63, 3.8) is 0 Å². The number of benzene rings is 2. The van der Waals surface area contributed by atoms with Crippen molar-refractivity contribution in [2.75, 3.05) is 10.6 Å². The third kappa shape index (κ3) is 3.85. The Morgan fingerprint density at radius 3 is 2.32 bits per heavy atom. The highest BCUT2D eigenvalue weighted by Gasteiger charge is 2.48. The molecule has 2 unspecified atom stereocenters. The fraction of sp³-hybridized carbons (Fsp3) is 0.300. The number of carbonyl (C=O) groups is 2. The molecule has 0 saturated heterocycles. The second-order valence-electron chi connectivity index (χ2n) is 6.64. The molecule has 1 fully saturated rings. The predicted molar refractivity (Wildman–Crippen MR) is 101 cm³/mol. The maximum atomic E-state index is 12.4. The number of anilines is 2. The van der Waals surface area contributed by atoms with E-state index in [4.69, 9.17) is 11.6 Å². The first kappa shape index (κ1) is 17.5. The standard InChI is InChI=1S/C20H21ClN2O2/c1-11-5-4-6-18(13(11)3)23-20(25)16-10-15(16)19(24)22-14-8-7-12(2)17(21)9-14/h4-9,15-16H,10H2,1-3H3,(H,22,24)(H,23,25). The number of rotatable bonds is 4. The molecule has 2 atom stereocenters. The summed E-state index contributed by atoms with van der Waals surface area (Å²) in [5, 5.41) is 6.39. The maximum Gasteiger partial charge on any atom is 0.228 e. The first-order chi connectivity index (χ1) is 11.9. The third-order valence-electron chi connectivity index (χ3n) is 4.77. The fourth-order valence-electron chi connectivity index (χ4n) is 2.79. The Balaban J connectivity index is 1.59. The molecule has 5 heteroatoms. The minimum absolute atomic E-state index is 0.101. The van der Waals surface area contributed by atoms with Crippen LogP contribution in [-0.2, 0) is 9.59 Å². The summed E-state index contributed by atoms with van der Waals surface area (Å²) in [6, 6.07) is 11.2. The number of halogens is 1. The second kappa shape index (κ2) is 6.89. The monoisotopic (exact) mass is 356 g/mol. The third-order valence-corrected chi connectivity index (χ3v) is 5.17. The van der Waals surface area contributed by atoms with Gasteiger partial charge in [-0.25, -0.2) is 0 Å². The van der Waals surface area contributed by atoms with Crippen LogP contribution in [0.1, 0.15) is 23.1 Å². The van der Waals surface area contributed by atoms with Crippen molar-refractivity contribution in [2.45, 2.75) is 27.2 Å². The molecule has 1 saturated carbocycles. The van der Waals surface area contributed by atoms with Gasteiger partial charge in [0.15, 0.2) is 0 Å². The largest absolute Gasteiger partial charge is 0.326 e. The molecule has 0 bridgehead atoms. The molecule has 1 aliphatic rings. The van der Waals surface area contributed by atoms with Crippen LogP contribution in [0.4, 0.5) is 11.4 Å². The van der Waals surface area contributed by atoms with Gasteiger partial charge in [-0.3, -0.25) is 9.59 Å². The number of carbonyl (C=O) groups excluding carboxylic acids is 2. The Hall–Kier alpha value is -2.33. The fourth-order valence-corrected chi connectivity index (χ4v) is 2.97. The van der Waals surface area contributed by atoms with Gasteiger partial charge in [-0.1, -0.05) is 29.8 Å². The topological polar surface area (TPSA) is 58.2 Å². The number of hydrogen-bond donors (Lipinski definition) is 2. The van der Waals surface area contributed by atoms with E-state index in [1.165, 1.54) is 0 Å². The van der Waals surface area contributed by atoms with Crippen molar-refractivity contribution in [2.24, 2.45) is 11.8 Å². The Labute approximate surface area is 152 Å². The number of nitrogens with one attached hydrogen (secondary N) is 2. The summed E-state index contributed by atoms with van der Waals surface area (Å²) >= 11 is 6.07. The molecule has 0 spiro atoms. The van der Waals surface area contributed by atoms with Crippen molar-refractivity contribution >= 4 is 34.8 Å². The van der Waals surface area contributed by atoms with E-state index >= 15 is 0 Å². The minimum atomic E-state index is -0.287. The summed E-state index contributed by atoms with van der Waals surface area (Å²) in [5.74, 6) is -0.803. The molecular weight excluding hydrogens is 336 g/mol. The van der Waals surface area contributed by atoms with Gasteiger partial charge in [-0.2, -0.15) is 0 Å². The molecule has 4 nitrogen and oxygen atoms in total. The van der Waals surface area contributed by atoms with Crippen LogP contribution in [0.2, 0.25) is 5.02 Å². The smallest absolute Gasteiger partial charge is 0.228 e. The molecule has 0 heterocycles. The van der Waals surface area contributed by atoms with Crippen molar-refractivity contribution in [3.8, 4) is 0 Å². The summed E-state index contributed by atoms with van der Waals surface area (Å²) < 4.78 is 0. The van der Waals surface area contributed by atoms with E-state index < -0.39 is 0 Å². The first-order valence-electron chi connectivity index (χ1n) is 8.31. The first-order valence-corrected chi connectivity index (χ1v) is 8.68. The van der Waals surface area contributed by atoms with Gasteiger partial charge in [0.05, 0.1) is 11.8 Å². The minimum Gasteiger partial charge on any atom is -0.326 e.